The number of aromatic nitrogens is 1. The standard InChI is InChI=1S/C23H21NO3/c1-13-11-18(23(25)15-5-7-16(26-3)8-6-15)14(2)21-19-12-17(27-4)9-10-20(19)24-22(13)21/h5-12,24H,1-4H3. The van der Waals surface area contributed by atoms with Crippen molar-refractivity contribution in [2.45, 2.75) is 13.8 Å². The molecule has 0 amide bonds. The molecule has 27 heavy (non-hydrogen) atoms. The Hall–Kier alpha value is -3.27. The van der Waals surface area contributed by atoms with Gasteiger partial charge in [0.1, 0.15) is 11.5 Å². The zero-order chi connectivity index (χ0) is 19.1. The molecular weight excluding hydrogens is 338 g/mol. The molecule has 0 saturated heterocycles. The minimum absolute atomic E-state index is 0.0115. The Morgan fingerprint density at radius 1 is 0.889 bits per heavy atom. The number of fused-ring (bicyclic) bond motifs is 3. The summed E-state index contributed by atoms with van der Waals surface area (Å²) in [4.78, 5) is 16.6. The van der Waals surface area contributed by atoms with Crippen LogP contribution in [0.2, 0.25) is 0 Å². The Morgan fingerprint density at radius 3 is 2.22 bits per heavy atom. The molecule has 4 aromatic rings. The number of ketones is 1. The molecule has 0 fully saturated rings. The van der Waals surface area contributed by atoms with Gasteiger partial charge in [-0.05, 0) is 73.5 Å². The maximum atomic E-state index is 13.2. The van der Waals surface area contributed by atoms with Crippen molar-refractivity contribution < 1.29 is 14.3 Å². The summed E-state index contributed by atoms with van der Waals surface area (Å²) in [5.74, 6) is 1.54. The highest BCUT2D eigenvalue weighted by Gasteiger charge is 2.18. The zero-order valence-corrected chi connectivity index (χ0v) is 15.8. The van der Waals surface area contributed by atoms with Crippen molar-refractivity contribution in [1.82, 2.24) is 4.98 Å². The Bertz CT molecular complexity index is 1170. The summed E-state index contributed by atoms with van der Waals surface area (Å²) in [5.41, 5.74) is 5.47. The van der Waals surface area contributed by atoms with Crippen molar-refractivity contribution in [3.63, 3.8) is 0 Å². The molecule has 0 atom stereocenters. The number of aryl methyl sites for hydroxylation is 2. The fraction of sp³-hybridized carbons (Fsp3) is 0.174. The van der Waals surface area contributed by atoms with Crippen LogP contribution in [0.5, 0.6) is 11.5 Å². The van der Waals surface area contributed by atoms with Gasteiger partial charge in [0.05, 0.1) is 14.2 Å². The Labute approximate surface area is 157 Å². The molecular formula is C23H21NO3. The van der Waals surface area contributed by atoms with Crippen molar-refractivity contribution in [2.24, 2.45) is 0 Å². The monoisotopic (exact) mass is 359 g/mol. The lowest BCUT2D eigenvalue weighted by molar-refractivity contribution is 0.103. The summed E-state index contributed by atoms with van der Waals surface area (Å²) in [6.45, 7) is 4.03. The van der Waals surface area contributed by atoms with Gasteiger partial charge in [0, 0.05) is 32.9 Å². The lowest BCUT2D eigenvalue weighted by Crippen LogP contribution is -2.05. The van der Waals surface area contributed by atoms with Gasteiger partial charge in [0.2, 0.25) is 0 Å². The molecule has 0 spiro atoms. The first-order valence-corrected chi connectivity index (χ1v) is 8.82. The molecule has 0 saturated carbocycles. The second kappa shape index (κ2) is 6.47. The summed E-state index contributed by atoms with van der Waals surface area (Å²) in [6, 6.07) is 15.2. The number of rotatable bonds is 4. The van der Waals surface area contributed by atoms with E-state index in [2.05, 4.69) is 4.98 Å². The topological polar surface area (TPSA) is 51.3 Å². The van der Waals surface area contributed by atoms with Gasteiger partial charge >= 0.3 is 0 Å². The number of nitrogens with one attached hydrogen (secondary N) is 1. The molecule has 3 aromatic carbocycles. The number of benzene rings is 3. The van der Waals surface area contributed by atoms with Crippen LogP contribution in [0, 0.1) is 13.8 Å². The minimum atomic E-state index is 0.0115. The normalized spacial score (nSPS) is 11.1. The van der Waals surface area contributed by atoms with Crippen molar-refractivity contribution in [3.05, 3.63) is 70.8 Å². The Morgan fingerprint density at radius 2 is 1.56 bits per heavy atom. The van der Waals surface area contributed by atoms with Gasteiger partial charge in [-0.2, -0.15) is 0 Å². The maximum Gasteiger partial charge on any atom is 0.193 e. The van der Waals surface area contributed by atoms with Gasteiger partial charge in [-0.15, -0.1) is 0 Å². The van der Waals surface area contributed by atoms with Crippen LogP contribution in [0.25, 0.3) is 21.8 Å². The summed E-state index contributed by atoms with van der Waals surface area (Å²) >= 11 is 0. The predicted molar refractivity (Wildman–Crippen MR) is 108 cm³/mol. The van der Waals surface area contributed by atoms with Crippen LogP contribution < -0.4 is 9.47 Å². The lowest BCUT2D eigenvalue weighted by atomic mass is 9.93. The van der Waals surface area contributed by atoms with Crippen molar-refractivity contribution >= 4 is 27.6 Å². The minimum Gasteiger partial charge on any atom is -0.497 e. The molecule has 0 bridgehead atoms. The van der Waals surface area contributed by atoms with E-state index in [0.717, 1.165) is 44.4 Å². The first-order chi connectivity index (χ1) is 13.0. The molecule has 0 aliphatic heterocycles. The van der Waals surface area contributed by atoms with Crippen molar-refractivity contribution in [3.8, 4) is 11.5 Å². The van der Waals surface area contributed by atoms with Crippen LogP contribution in [-0.2, 0) is 0 Å². The highest BCUT2D eigenvalue weighted by Crippen LogP contribution is 2.35. The number of H-pyrrole nitrogens is 1. The summed E-state index contributed by atoms with van der Waals surface area (Å²) < 4.78 is 10.6. The van der Waals surface area contributed by atoms with Crippen LogP contribution in [0.4, 0.5) is 0 Å². The second-order valence-electron chi connectivity index (χ2n) is 6.71. The summed E-state index contributed by atoms with van der Waals surface area (Å²) in [6.07, 6.45) is 0. The van der Waals surface area contributed by atoms with Gasteiger partial charge in [0.25, 0.3) is 0 Å². The molecule has 4 nitrogen and oxygen atoms in total. The molecule has 0 aliphatic rings. The molecule has 1 N–H and O–H groups in total. The lowest BCUT2D eigenvalue weighted by Gasteiger charge is -2.10. The number of hydrogen-bond donors (Lipinski definition) is 1. The highest BCUT2D eigenvalue weighted by atomic mass is 16.5. The average Bonchev–Trinajstić information content (AvgIpc) is 3.09. The van der Waals surface area contributed by atoms with E-state index in [1.165, 1.54) is 0 Å². The summed E-state index contributed by atoms with van der Waals surface area (Å²) in [5, 5.41) is 2.13. The third-order valence-corrected chi connectivity index (χ3v) is 5.14. The quantitative estimate of drug-likeness (QED) is 0.510. The molecule has 0 radical (unpaired) electrons. The van der Waals surface area contributed by atoms with Gasteiger partial charge in [-0.3, -0.25) is 4.79 Å². The largest absolute Gasteiger partial charge is 0.497 e. The Balaban J connectivity index is 1.94. The third-order valence-electron chi connectivity index (χ3n) is 5.14. The number of hydrogen-bond acceptors (Lipinski definition) is 3. The molecule has 1 heterocycles. The fourth-order valence-corrected chi connectivity index (χ4v) is 3.65. The fourth-order valence-electron chi connectivity index (χ4n) is 3.65. The van der Waals surface area contributed by atoms with Crippen LogP contribution >= 0.6 is 0 Å². The van der Waals surface area contributed by atoms with Gasteiger partial charge in [-0.1, -0.05) is 0 Å². The molecule has 0 aliphatic carbocycles. The van der Waals surface area contributed by atoms with Crippen molar-refractivity contribution in [2.75, 3.05) is 14.2 Å². The highest BCUT2D eigenvalue weighted by molar-refractivity contribution is 6.17. The van der Waals surface area contributed by atoms with Crippen LogP contribution in [0.3, 0.4) is 0 Å². The number of methoxy groups -OCH3 is 2. The van der Waals surface area contributed by atoms with Crippen LogP contribution in [0.15, 0.2) is 48.5 Å². The zero-order valence-electron chi connectivity index (χ0n) is 15.8. The SMILES string of the molecule is COc1ccc(C(=O)c2cc(C)c3[nH]c4ccc(OC)cc4c3c2C)cc1. The molecule has 1 aromatic heterocycles. The van der Waals surface area contributed by atoms with Gasteiger partial charge < -0.3 is 14.5 Å². The first kappa shape index (κ1) is 17.2. The van der Waals surface area contributed by atoms with Crippen LogP contribution in [-0.4, -0.2) is 25.0 Å². The summed E-state index contributed by atoms with van der Waals surface area (Å²) in [7, 11) is 3.27. The van der Waals surface area contributed by atoms with E-state index < -0.39 is 0 Å². The third kappa shape index (κ3) is 2.74. The maximum absolute atomic E-state index is 13.2. The molecule has 0 unspecified atom stereocenters. The van der Waals surface area contributed by atoms with Crippen LogP contribution in [0.1, 0.15) is 27.0 Å². The van der Waals surface area contributed by atoms with E-state index in [-0.39, 0.29) is 5.78 Å². The first-order valence-electron chi connectivity index (χ1n) is 8.82. The van der Waals surface area contributed by atoms with E-state index in [1.807, 2.05) is 50.2 Å². The Kier molecular flexibility index (Phi) is 4.11. The number of ether oxygens (including phenoxy) is 2. The van der Waals surface area contributed by atoms with Crippen molar-refractivity contribution in [1.29, 1.82) is 0 Å². The van der Waals surface area contributed by atoms with E-state index in [9.17, 15) is 4.79 Å². The molecule has 4 rings (SSSR count). The second-order valence-corrected chi connectivity index (χ2v) is 6.71. The predicted octanol–water partition coefficient (Wildman–Crippen LogP) is 5.19. The van der Waals surface area contributed by atoms with E-state index in [0.29, 0.717) is 11.1 Å². The van der Waals surface area contributed by atoms with E-state index in [4.69, 9.17) is 9.47 Å². The number of carbonyl (C=O) groups excluding carboxylic acids is 1. The molecule has 136 valence electrons. The smallest absolute Gasteiger partial charge is 0.193 e. The average molecular weight is 359 g/mol. The van der Waals surface area contributed by atoms with E-state index >= 15 is 0 Å². The van der Waals surface area contributed by atoms with E-state index in [1.54, 1.807) is 26.4 Å². The number of carbonyl (C=O) groups is 1. The number of aromatic amines is 1. The van der Waals surface area contributed by atoms with Gasteiger partial charge in [-0.25, -0.2) is 0 Å². The molecule has 4 heteroatoms. The van der Waals surface area contributed by atoms with Gasteiger partial charge in [0.15, 0.2) is 5.78 Å².